The first kappa shape index (κ1) is 11.8. The first-order valence-electron chi connectivity index (χ1n) is 3.76. The van der Waals surface area contributed by atoms with Crippen LogP contribution < -0.4 is 5.90 Å². The molecule has 72 valence electrons. The van der Waals surface area contributed by atoms with Gasteiger partial charge in [0.1, 0.15) is 6.61 Å². The molecule has 0 aromatic carbocycles. The van der Waals surface area contributed by atoms with Crippen LogP contribution in [0.4, 0.5) is 0 Å². The van der Waals surface area contributed by atoms with E-state index < -0.39 is 8.25 Å². The molecule has 6 heteroatoms. The van der Waals surface area contributed by atoms with Crippen LogP contribution in [0.5, 0.6) is 0 Å². The fourth-order valence-electron chi connectivity index (χ4n) is 0.620. The maximum atomic E-state index is 10.9. The van der Waals surface area contributed by atoms with E-state index in [1.807, 2.05) is 6.92 Å². The molecule has 12 heavy (non-hydrogen) atoms. The quantitative estimate of drug-likeness (QED) is 0.485. The monoisotopic (exact) mass is 195 g/mol. The maximum Gasteiger partial charge on any atom is 0.335 e. The Bertz CT molecular complexity index is 162. The van der Waals surface area contributed by atoms with Crippen LogP contribution in [-0.4, -0.2) is 12.4 Å². The van der Waals surface area contributed by atoms with Gasteiger partial charge in [-0.05, 0) is 6.42 Å². The Kier molecular flexibility index (Phi) is 7.29. The van der Waals surface area contributed by atoms with Gasteiger partial charge in [0, 0.05) is 6.42 Å². The van der Waals surface area contributed by atoms with Crippen LogP contribution in [0.25, 0.3) is 0 Å². The van der Waals surface area contributed by atoms with Crippen molar-refractivity contribution in [1.29, 1.82) is 0 Å². The molecule has 0 aromatic rings. The van der Waals surface area contributed by atoms with E-state index in [2.05, 4.69) is 15.0 Å². The lowest BCUT2D eigenvalue weighted by atomic mass is 10.2. The molecule has 0 radical (unpaired) electrons. The first-order chi connectivity index (χ1) is 5.70. The Hall–Kier alpha value is -0.220. The van der Waals surface area contributed by atoms with E-state index in [-0.39, 0.29) is 12.4 Å². The number of carbonyl (C=O) groups excluding carboxylic acids is 1. The molecule has 0 aromatic heterocycles. The second kappa shape index (κ2) is 7.43. The molecule has 0 heterocycles. The van der Waals surface area contributed by atoms with Crippen molar-refractivity contribution in [1.82, 2.24) is 0 Å². The largest absolute Gasteiger partial charge is 0.335 e. The summed E-state index contributed by atoms with van der Waals surface area (Å²) in [6, 6.07) is 0. The van der Waals surface area contributed by atoms with Crippen LogP contribution in [0.2, 0.25) is 0 Å². The normalized spacial score (nSPS) is 12.8. The zero-order chi connectivity index (χ0) is 9.40. The average molecular weight is 195 g/mol. The maximum absolute atomic E-state index is 10.9. The van der Waals surface area contributed by atoms with Crippen molar-refractivity contribution in [2.45, 2.75) is 26.2 Å². The summed E-state index contributed by atoms with van der Waals surface area (Å²) in [5.74, 6) is 4.48. The van der Waals surface area contributed by atoms with E-state index in [1.165, 1.54) is 0 Å². The van der Waals surface area contributed by atoms with Crippen molar-refractivity contribution in [3.05, 3.63) is 0 Å². The fourth-order valence-corrected chi connectivity index (χ4v) is 0.966. The summed E-state index contributed by atoms with van der Waals surface area (Å²) in [5, 5.41) is 0. The van der Waals surface area contributed by atoms with Crippen molar-refractivity contribution in [2.24, 2.45) is 5.90 Å². The highest BCUT2D eigenvalue weighted by Gasteiger charge is 2.03. The van der Waals surface area contributed by atoms with Gasteiger partial charge in [0.25, 0.3) is 0 Å². The van der Waals surface area contributed by atoms with E-state index in [1.54, 1.807) is 0 Å². The summed E-state index contributed by atoms with van der Waals surface area (Å²) in [4.78, 5) is 10.9. The number of hydrogen-bond donors (Lipinski definition) is 1. The molecule has 0 bridgehead atoms. The molecule has 0 rings (SSSR count). The molecular weight excluding hydrogens is 181 g/mol. The highest BCUT2D eigenvalue weighted by molar-refractivity contribution is 7.33. The zero-order valence-electron chi connectivity index (χ0n) is 7.04. The number of unbranched alkanes of at least 4 members (excludes halogenated alkanes) is 1. The van der Waals surface area contributed by atoms with Gasteiger partial charge in [-0.1, -0.05) is 13.3 Å². The molecule has 0 amide bonds. The van der Waals surface area contributed by atoms with Gasteiger partial charge in [-0.3, -0.25) is 9.36 Å². The molecule has 2 N–H and O–H groups in total. The molecule has 1 unspecified atom stereocenters. The first-order valence-corrected chi connectivity index (χ1v) is 4.98. The van der Waals surface area contributed by atoms with Crippen molar-refractivity contribution in [2.75, 3.05) is 6.61 Å². The zero-order valence-corrected chi connectivity index (χ0v) is 8.04. The molecule has 0 spiro atoms. The molecule has 0 aliphatic rings. The molecule has 0 saturated heterocycles. The number of rotatable bonds is 7. The summed E-state index contributed by atoms with van der Waals surface area (Å²) in [6.45, 7) is 1.81. The topological polar surface area (TPSA) is 78.6 Å². The Morgan fingerprint density at radius 2 is 2.25 bits per heavy atom. The second-order valence-electron chi connectivity index (χ2n) is 2.30. The third kappa shape index (κ3) is 6.49. The van der Waals surface area contributed by atoms with E-state index in [9.17, 15) is 9.36 Å². The highest BCUT2D eigenvalue weighted by Crippen LogP contribution is 2.19. The molecule has 1 atom stereocenters. The predicted molar refractivity (Wildman–Crippen MR) is 44.8 cm³/mol. The third-order valence-corrected chi connectivity index (χ3v) is 1.83. The van der Waals surface area contributed by atoms with Crippen molar-refractivity contribution < 1.29 is 18.5 Å². The van der Waals surface area contributed by atoms with Crippen LogP contribution >= 0.6 is 8.25 Å². The van der Waals surface area contributed by atoms with Crippen molar-refractivity contribution in [3.8, 4) is 0 Å². The van der Waals surface area contributed by atoms with Gasteiger partial charge in [0.05, 0.1) is 0 Å². The van der Waals surface area contributed by atoms with Gasteiger partial charge in [-0.25, -0.2) is 10.5 Å². The van der Waals surface area contributed by atoms with Gasteiger partial charge in [-0.15, -0.1) is 0 Å². The van der Waals surface area contributed by atoms with Crippen molar-refractivity contribution >= 4 is 14.0 Å². The summed E-state index contributed by atoms with van der Waals surface area (Å²) in [5.41, 5.74) is 0. The van der Waals surface area contributed by atoms with E-state index in [0.29, 0.717) is 6.42 Å². The molecule has 0 saturated carbocycles. The summed E-state index contributed by atoms with van der Waals surface area (Å²) in [7, 11) is -2.64. The minimum atomic E-state index is -2.64. The standard InChI is InChI=1S/C6H14NO4P/c1-2-3-4-6(8)5-10-12(9)11-7/h12H,2-5,7H2,1H3. The van der Waals surface area contributed by atoms with Crippen LogP contribution in [-0.2, 0) is 18.5 Å². The summed E-state index contributed by atoms with van der Waals surface area (Å²) in [6.07, 6.45) is 2.23. The second-order valence-corrected chi connectivity index (χ2v) is 3.32. The number of carbonyl (C=O) groups is 1. The number of Topliss-reactive ketones (excluding diaryl/α,β-unsaturated/α-hetero) is 1. The Labute approximate surface area is 72.1 Å². The smallest absolute Gasteiger partial charge is 0.302 e. The fraction of sp³-hybridized carbons (Fsp3) is 0.833. The third-order valence-electron chi connectivity index (χ3n) is 1.26. The van der Waals surface area contributed by atoms with Gasteiger partial charge in [-0.2, -0.15) is 0 Å². The molecular formula is C6H14NO4P. The van der Waals surface area contributed by atoms with Crippen LogP contribution in [0.3, 0.4) is 0 Å². The minimum Gasteiger partial charge on any atom is -0.302 e. The lowest BCUT2D eigenvalue weighted by Crippen LogP contribution is -2.05. The molecule has 5 nitrogen and oxygen atoms in total. The van der Waals surface area contributed by atoms with Crippen molar-refractivity contribution in [3.63, 3.8) is 0 Å². The summed E-state index contributed by atoms with van der Waals surface area (Å²) < 4.78 is 18.8. The number of nitrogens with two attached hydrogens (primary N) is 1. The SMILES string of the molecule is CCCCC(=O)CO[PH](=O)ON. The molecule has 0 aliphatic carbocycles. The van der Waals surface area contributed by atoms with Gasteiger partial charge >= 0.3 is 8.25 Å². The van der Waals surface area contributed by atoms with Gasteiger partial charge < -0.3 is 4.52 Å². The lowest BCUT2D eigenvalue weighted by molar-refractivity contribution is -0.121. The number of hydrogen-bond acceptors (Lipinski definition) is 5. The molecule has 0 aliphatic heterocycles. The molecule has 0 fully saturated rings. The predicted octanol–water partition coefficient (Wildman–Crippen LogP) is 1.04. The minimum absolute atomic E-state index is 0.0766. The Balaban J connectivity index is 3.37. The summed E-state index contributed by atoms with van der Waals surface area (Å²) >= 11 is 0. The van der Waals surface area contributed by atoms with Gasteiger partial charge in [0.15, 0.2) is 5.78 Å². The Morgan fingerprint density at radius 1 is 1.58 bits per heavy atom. The van der Waals surface area contributed by atoms with Crippen LogP contribution in [0.15, 0.2) is 0 Å². The van der Waals surface area contributed by atoms with Crippen LogP contribution in [0, 0.1) is 0 Å². The highest BCUT2D eigenvalue weighted by atomic mass is 31.1. The van der Waals surface area contributed by atoms with E-state index >= 15 is 0 Å². The lowest BCUT2D eigenvalue weighted by Gasteiger charge is -2.00. The van der Waals surface area contributed by atoms with E-state index in [4.69, 9.17) is 0 Å². The number of ketones is 1. The van der Waals surface area contributed by atoms with Gasteiger partial charge in [0.2, 0.25) is 0 Å². The van der Waals surface area contributed by atoms with Crippen LogP contribution in [0.1, 0.15) is 26.2 Å². The average Bonchev–Trinajstić information content (AvgIpc) is 2.10. The Morgan fingerprint density at radius 3 is 2.75 bits per heavy atom. The van der Waals surface area contributed by atoms with E-state index in [0.717, 1.165) is 12.8 Å².